The summed E-state index contributed by atoms with van der Waals surface area (Å²) in [7, 11) is 3.31. The summed E-state index contributed by atoms with van der Waals surface area (Å²) in [6, 6.07) is 7.91. The number of nitrogens with one attached hydrogen (secondary N) is 1. The number of ether oxygens (including phenoxy) is 2. The van der Waals surface area contributed by atoms with Gasteiger partial charge in [-0.15, -0.1) is 0 Å². The summed E-state index contributed by atoms with van der Waals surface area (Å²) in [5, 5.41) is 5.42. The van der Waals surface area contributed by atoms with Crippen molar-refractivity contribution in [2.75, 3.05) is 32.7 Å². The monoisotopic (exact) mass is 261 g/mol. The second-order valence-corrected chi connectivity index (χ2v) is 4.28. The molecule has 1 aromatic heterocycles. The molecule has 2 rings (SSSR count). The zero-order valence-corrected chi connectivity index (χ0v) is 11.2. The highest BCUT2D eigenvalue weighted by atomic mass is 16.5. The Balaban J connectivity index is 2.35. The fraction of sp³-hybridized carbons (Fsp3) is 0.357. The van der Waals surface area contributed by atoms with Gasteiger partial charge >= 0.3 is 0 Å². The molecule has 19 heavy (non-hydrogen) atoms. The van der Waals surface area contributed by atoms with Crippen molar-refractivity contribution in [2.24, 2.45) is 5.73 Å². The molecule has 1 aromatic carbocycles. The number of hydrogen-bond acceptors (Lipinski definition) is 5. The molecule has 0 saturated carbocycles. The van der Waals surface area contributed by atoms with E-state index in [1.165, 1.54) is 0 Å². The lowest BCUT2D eigenvalue weighted by Gasteiger charge is -2.17. The average Bonchev–Trinajstić information content (AvgIpc) is 2.46. The van der Waals surface area contributed by atoms with Crippen molar-refractivity contribution >= 4 is 16.6 Å². The molecule has 0 radical (unpaired) electrons. The lowest BCUT2D eigenvalue weighted by Crippen LogP contribution is -2.33. The Morgan fingerprint density at radius 2 is 2.16 bits per heavy atom. The van der Waals surface area contributed by atoms with Crippen LogP contribution in [0, 0.1) is 0 Å². The quantitative estimate of drug-likeness (QED) is 0.827. The van der Waals surface area contributed by atoms with E-state index in [1.54, 1.807) is 20.4 Å². The molecular formula is C14H19N3O2. The number of nitrogens with two attached hydrogens (primary N) is 1. The highest BCUT2D eigenvalue weighted by Gasteiger charge is 2.10. The summed E-state index contributed by atoms with van der Waals surface area (Å²) in [4.78, 5) is 4.37. The third-order valence-corrected chi connectivity index (χ3v) is 2.97. The van der Waals surface area contributed by atoms with Crippen LogP contribution in [0.2, 0.25) is 0 Å². The molecule has 0 aliphatic rings. The van der Waals surface area contributed by atoms with E-state index in [4.69, 9.17) is 15.2 Å². The molecule has 102 valence electrons. The number of benzene rings is 1. The standard InChI is InChI=1S/C14H19N3O2/c1-18-9-11(8-15)17-14-13-7-12(19-2)4-3-10(13)5-6-16-14/h3-7,11H,8-9,15H2,1-2H3,(H,16,17). The van der Waals surface area contributed by atoms with Crippen molar-refractivity contribution in [3.63, 3.8) is 0 Å². The molecule has 0 bridgehead atoms. The van der Waals surface area contributed by atoms with Crippen molar-refractivity contribution in [1.82, 2.24) is 4.98 Å². The fourth-order valence-corrected chi connectivity index (χ4v) is 1.95. The predicted molar refractivity (Wildman–Crippen MR) is 76.6 cm³/mol. The van der Waals surface area contributed by atoms with Crippen molar-refractivity contribution in [3.05, 3.63) is 30.5 Å². The van der Waals surface area contributed by atoms with E-state index < -0.39 is 0 Å². The second-order valence-electron chi connectivity index (χ2n) is 4.28. The Morgan fingerprint density at radius 1 is 1.32 bits per heavy atom. The van der Waals surface area contributed by atoms with E-state index in [-0.39, 0.29) is 6.04 Å². The van der Waals surface area contributed by atoms with Crippen molar-refractivity contribution in [2.45, 2.75) is 6.04 Å². The normalized spacial score (nSPS) is 12.4. The van der Waals surface area contributed by atoms with Crippen LogP contribution in [-0.4, -0.2) is 38.4 Å². The highest BCUT2D eigenvalue weighted by molar-refractivity contribution is 5.92. The van der Waals surface area contributed by atoms with Crippen LogP contribution in [-0.2, 0) is 4.74 Å². The largest absolute Gasteiger partial charge is 0.497 e. The zero-order chi connectivity index (χ0) is 13.7. The molecule has 1 heterocycles. The highest BCUT2D eigenvalue weighted by Crippen LogP contribution is 2.25. The SMILES string of the molecule is COCC(CN)Nc1nccc2ccc(OC)cc12. The molecule has 0 amide bonds. The number of rotatable bonds is 6. The molecule has 0 fully saturated rings. The van der Waals surface area contributed by atoms with Crippen LogP contribution in [0.25, 0.3) is 10.8 Å². The van der Waals surface area contributed by atoms with Crippen LogP contribution in [0.1, 0.15) is 0 Å². The predicted octanol–water partition coefficient (Wildman–Crippen LogP) is 1.63. The van der Waals surface area contributed by atoms with Gasteiger partial charge in [-0.25, -0.2) is 4.98 Å². The molecule has 5 nitrogen and oxygen atoms in total. The summed E-state index contributed by atoms with van der Waals surface area (Å²) in [5.41, 5.74) is 5.71. The Kier molecular flexibility index (Phi) is 4.54. The van der Waals surface area contributed by atoms with Gasteiger partial charge in [0.05, 0.1) is 19.8 Å². The molecule has 1 atom stereocenters. The van der Waals surface area contributed by atoms with Crippen LogP contribution < -0.4 is 15.8 Å². The van der Waals surface area contributed by atoms with Gasteiger partial charge in [-0.05, 0) is 23.6 Å². The lowest BCUT2D eigenvalue weighted by molar-refractivity contribution is 0.187. The molecule has 0 spiro atoms. The van der Waals surface area contributed by atoms with Crippen molar-refractivity contribution in [3.8, 4) is 5.75 Å². The molecule has 2 aromatic rings. The van der Waals surface area contributed by atoms with Gasteiger partial charge in [0.1, 0.15) is 11.6 Å². The van der Waals surface area contributed by atoms with Gasteiger partial charge in [0.25, 0.3) is 0 Å². The lowest BCUT2D eigenvalue weighted by atomic mass is 10.1. The van der Waals surface area contributed by atoms with Crippen LogP contribution in [0.3, 0.4) is 0 Å². The van der Waals surface area contributed by atoms with E-state index in [0.717, 1.165) is 22.3 Å². The van der Waals surface area contributed by atoms with Crippen molar-refractivity contribution in [1.29, 1.82) is 0 Å². The third kappa shape index (κ3) is 3.13. The first kappa shape index (κ1) is 13.6. The van der Waals surface area contributed by atoms with Gasteiger partial charge in [-0.1, -0.05) is 6.07 Å². The van der Waals surface area contributed by atoms with Gasteiger partial charge in [-0.3, -0.25) is 0 Å². The molecular weight excluding hydrogens is 242 g/mol. The van der Waals surface area contributed by atoms with Gasteiger partial charge in [0.15, 0.2) is 0 Å². The maximum Gasteiger partial charge on any atom is 0.134 e. The fourth-order valence-electron chi connectivity index (χ4n) is 1.95. The van der Waals surface area contributed by atoms with E-state index in [1.807, 2.05) is 24.3 Å². The third-order valence-electron chi connectivity index (χ3n) is 2.97. The minimum Gasteiger partial charge on any atom is -0.497 e. The average molecular weight is 261 g/mol. The summed E-state index contributed by atoms with van der Waals surface area (Å²) in [6.07, 6.45) is 1.78. The Hall–Kier alpha value is -1.85. The first-order valence-corrected chi connectivity index (χ1v) is 6.16. The van der Waals surface area contributed by atoms with Crippen LogP contribution >= 0.6 is 0 Å². The van der Waals surface area contributed by atoms with Crippen LogP contribution in [0.15, 0.2) is 30.5 Å². The Labute approximate surface area is 112 Å². The Morgan fingerprint density at radius 3 is 2.84 bits per heavy atom. The van der Waals surface area contributed by atoms with E-state index >= 15 is 0 Å². The van der Waals surface area contributed by atoms with E-state index in [2.05, 4.69) is 10.3 Å². The number of methoxy groups -OCH3 is 2. The van der Waals surface area contributed by atoms with Crippen LogP contribution in [0.4, 0.5) is 5.82 Å². The van der Waals surface area contributed by atoms with Gasteiger partial charge in [0, 0.05) is 25.2 Å². The minimum atomic E-state index is 0.0364. The zero-order valence-electron chi connectivity index (χ0n) is 11.2. The number of pyridine rings is 1. The summed E-state index contributed by atoms with van der Waals surface area (Å²) < 4.78 is 10.4. The molecule has 0 saturated heterocycles. The number of aromatic nitrogens is 1. The smallest absolute Gasteiger partial charge is 0.134 e. The van der Waals surface area contributed by atoms with E-state index in [9.17, 15) is 0 Å². The van der Waals surface area contributed by atoms with Gasteiger partial charge in [-0.2, -0.15) is 0 Å². The van der Waals surface area contributed by atoms with Gasteiger partial charge < -0.3 is 20.5 Å². The second kappa shape index (κ2) is 6.36. The first-order chi connectivity index (χ1) is 9.28. The summed E-state index contributed by atoms with van der Waals surface area (Å²) in [6.45, 7) is 1.02. The molecule has 3 N–H and O–H groups in total. The first-order valence-electron chi connectivity index (χ1n) is 6.16. The number of fused-ring (bicyclic) bond motifs is 1. The molecule has 5 heteroatoms. The maximum absolute atomic E-state index is 5.71. The minimum absolute atomic E-state index is 0.0364. The Bertz CT molecular complexity index is 545. The summed E-state index contributed by atoms with van der Waals surface area (Å²) in [5.74, 6) is 1.60. The van der Waals surface area contributed by atoms with Crippen LogP contribution in [0.5, 0.6) is 5.75 Å². The van der Waals surface area contributed by atoms with Crippen molar-refractivity contribution < 1.29 is 9.47 Å². The molecule has 0 aliphatic heterocycles. The molecule has 0 aliphatic carbocycles. The van der Waals surface area contributed by atoms with Gasteiger partial charge in [0.2, 0.25) is 0 Å². The maximum atomic E-state index is 5.71. The molecule has 1 unspecified atom stereocenters. The topological polar surface area (TPSA) is 69.4 Å². The summed E-state index contributed by atoms with van der Waals surface area (Å²) >= 11 is 0. The van der Waals surface area contributed by atoms with E-state index in [0.29, 0.717) is 13.2 Å². The number of nitrogens with zero attached hydrogens (tertiary/aromatic N) is 1. The number of hydrogen-bond donors (Lipinski definition) is 2. The number of anilines is 1.